The molecular weight excluding hydrogens is 374 g/mol. The van der Waals surface area contributed by atoms with Gasteiger partial charge in [-0.3, -0.25) is 9.59 Å². The molecule has 0 spiro atoms. The van der Waals surface area contributed by atoms with Gasteiger partial charge in [0.2, 0.25) is 11.8 Å². The van der Waals surface area contributed by atoms with E-state index in [2.05, 4.69) is 44.8 Å². The molecule has 0 heterocycles. The summed E-state index contributed by atoms with van der Waals surface area (Å²) in [5, 5.41) is 3.11. The fourth-order valence-corrected chi connectivity index (χ4v) is 4.11. The van der Waals surface area contributed by atoms with E-state index in [0.29, 0.717) is 13.0 Å². The second kappa shape index (κ2) is 10.3. The van der Waals surface area contributed by atoms with Crippen LogP contribution in [-0.4, -0.2) is 36.9 Å². The Bertz CT molecular complexity index is 730. The Labute approximate surface area is 183 Å². The summed E-state index contributed by atoms with van der Waals surface area (Å²) in [6.07, 6.45) is 5.68. The highest BCUT2D eigenvalue weighted by molar-refractivity contribution is 5.93. The zero-order valence-electron chi connectivity index (χ0n) is 20.0. The van der Waals surface area contributed by atoms with Crippen LogP contribution in [0.3, 0.4) is 0 Å². The molecule has 0 radical (unpaired) electrons. The summed E-state index contributed by atoms with van der Waals surface area (Å²) in [7, 11) is 4.03. The Balaban J connectivity index is 2.28. The van der Waals surface area contributed by atoms with Crippen molar-refractivity contribution in [3.63, 3.8) is 0 Å². The molecule has 30 heavy (non-hydrogen) atoms. The largest absolute Gasteiger partial charge is 0.377 e. The number of hydrogen-bond acceptors (Lipinski definition) is 3. The number of nitrogens with one attached hydrogen (secondary N) is 1. The third-order valence-electron chi connectivity index (χ3n) is 6.02. The molecule has 1 aliphatic carbocycles. The highest BCUT2D eigenvalue weighted by atomic mass is 16.2. The summed E-state index contributed by atoms with van der Waals surface area (Å²) in [5.74, 6) is 0.438. The maximum Gasteiger partial charge on any atom is 0.227 e. The second-order valence-corrected chi connectivity index (χ2v) is 10.2. The van der Waals surface area contributed by atoms with Gasteiger partial charge < -0.3 is 15.1 Å². The van der Waals surface area contributed by atoms with Gasteiger partial charge in [0, 0.05) is 50.4 Å². The lowest BCUT2D eigenvalue weighted by Crippen LogP contribution is -2.39. The molecule has 1 fully saturated rings. The molecule has 1 aromatic rings. The van der Waals surface area contributed by atoms with Crippen LogP contribution in [0.15, 0.2) is 18.2 Å². The summed E-state index contributed by atoms with van der Waals surface area (Å²) < 4.78 is 0. The normalized spacial score (nSPS) is 15.7. The van der Waals surface area contributed by atoms with Crippen molar-refractivity contribution in [2.75, 3.05) is 24.3 Å². The van der Waals surface area contributed by atoms with E-state index in [9.17, 15) is 9.59 Å². The van der Waals surface area contributed by atoms with Gasteiger partial charge in [0.05, 0.1) is 0 Å². The maximum absolute atomic E-state index is 13.1. The quantitative estimate of drug-likeness (QED) is 0.615. The van der Waals surface area contributed by atoms with Crippen molar-refractivity contribution in [2.24, 2.45) is 11.3 Å². The molecule has 1 saturated carbocycles. The Morgan fingerprint density at radius 3 is 2.33 bits per heavy atom. The Morgan fingerprint density at radius 1 is 1.17 bits per heavy atom. The third kappa shape index (κ3) is 6.75. The van der Waals surface area contributed by atoms with E-state index in [1.54, 1.807) is 0 Å². The molecule has 0 bridgehead atoms. The van der Waals surface area contributed by atoms with Crippen LogP contribution in [0.1, 0.15) is 78.7 Å². The van der Waals surface area contributed by atoms with Crippen molar-refractivity contribution >= 4 is 23.2 Å². The molecule has 0 saturated heterocycles. The van der Waals surface area contributed by atoms with E-state index < -0.39 is 0 Å². The van der Waals surface area contributed by atoms with Crippen molar-refractivity contribution in [3.05, 3.63) is 23.8 Å². The van der Waals surface area contributed by atoms with Crippen molar-refractivity contribution in [2.45, 2.75) is 85.7 Å². The second-order valence-electron chi connectivity index (χ2n) is 10.2. The number of nitrogens with zero attached hydrogens (tertiary/aromatic N) is 2. The highest BCUT2D eigenvalue weighted by Crippen LogP contribution is 2.30. The third-order valence-corrected chi connectivity index (χ3v) is 6.02. The average Bonchev–Trinajstić information content (AvgIpc) is 3.18. The molecule has 5 nitrogen and oxygen atoms in total. The van der Waals surface area contributed by atoms with E-state index in [1.807, 2.05) is 37.2 Å². The molecule has 1 N–H and O–H groups in total. The van der Waals surface area contributed by atoms with Gasteiger partial charge >= 0.3 is 0 Å². The van der Waals surface area contributed by atoms with Gasteiger partial charge in [-0.1, -0.05) is 40.5 Å². The molecule has 1 atom stereocenters. The molecule has 1 aromatic carbocycles. The number of benzene rings is 1. The Kier molecular flexibility index (Phi) is 8.34. The molecule has 0 aliphatic heterocycles. The van der Waals surface area contributed by atoms with Gasteiger partial charge in [0.1, 0.15) is 0 Å². The van der Waals surface area contributed by atoms with Crippen LogP contribution in [0.25, 0.3) is 0 Å². The summed E-state index contributed by atoms with van der Waals surface area (Å²) in [4.78, 5) is 29.8. The first-order valence-electron chi connectivity index (χ1n) is 11.4. The SMILES string of the molecule is CCC(C)N(Cc1cc(NC(=O)C2CCCC2)ccc1N(C)C)C(=O)CC(C)(C)C. The van der Waals surface area contributed by atoms with Gasteiger partial charge in [-0.05, 0) is 55.4 Å². The van der Waals surface area contributed by atoms with E-state index in [4.69, 9.17) is 0 Å². The number of amides is 2. The van der Waals surface area contributed by atoms with Crippen molar-refractivity contribution in [3.8, 4) is 0 Å². The lowest BCUT2D eigenvalue weighted by atomic mass is 9.91. The van der Waals surface area contributed by atoms with Crippen LogP contribution in [0.5, 0.6) is 0 Å². The minimum atomic E-state index is -0.0513. The number of carbonyl (C=O) groups is 2. The van der Waals surface area contributed by atoms with Gasteiger partial charge in [0.15, 0.2) is 0 Å². The van der Waals surface area contributed by atoms with E-state index in [0.717, 1.165) is 49.0 Å². The van der Waals surface area contributed by atoms with Crippen molar-refractivity contribution in [1.82, 2.24) is 4.90 Å². The lowest BCUT2D eigenvalue weighted by molar-refractivity contribution is -0.136. The summed E-state index contributed by atoms with van der Waals surface area (Å²) >= 11 is 0. The summed E-state index contributed by atoms with van der Waals surface area (Å²) in [5.41, 5.74) is 2.90. The standard InChI is InChI=1S/C25H41N3O2/c1-8-18(2)28(23(29)16-25(3,4)5)17-20-15-21(13-14-22(20)27(6)7)26-24(30)19-11-9-10-12-19/h13-15,18-19H,8-12,16-17H2,1-7H3,(H,26,30). The molecule has 1 unspecified atom stereocenters. The number of anilines is 2. The maximum atomic E-state index is 13.1. The minimum Gasteiger partial charge on any atom is -0.377 e. The van der Waals surface area contributed by atoms with Crippen LogP contribution in [0, 0.1) is 11.3 Å². The van der Waals surface area contributed by atoms with Crippen LogP contribution in [0.4, 0.5) is 11.4 Å². The zero-order valence-corrected chi connectivity index (χ0v) is 20.0. The highest BCUT2D eigenvalue weighted by Gasteiger charge is 2.26. The summed E-state index contributed by atoms with van der Waals surface area (Å²) in [6, 6.07) is 6.22. The molecule has 168 valence electrons. The van der Waals surface area contributed by atoms with Crippen LogP contribution in [0.2, 0.25) is 0 Å². The van der Waals surface area contributed by atoms with Crippen LogP contribution < -0.4 is 10.2 Å². The van der Waals surface area contributed by atoms with Gasteiger partial charge in [-0.2, -0.15) is 0 Å². The number of carbonyl (C=O) groups excluding carboxylic acids is 2. The fraction of sp³-hybridized carbons (Fsp3) is 0.680. The monoisotopic (exact) mass is 415 g/mol. The van der Waals surface area contributed by atoms with E-state index >= 15 is 0 Å². The van der Waals surface area contributed by atoms with Crippen molar-refractivity contribution < 1.29 is 9.59 Å². The Morgan fingerprint density at radius 2 is 1.80 bits per heavy atom. The molecular formula is C25H41N3O2. The van der Waals surface area contributed by atoms with E-state index in [1.165, 1.54) is 0 Å². The predicted molar refractivity (Wildman–Crippen MR) is 126 cm³/mol. The average molecular weight is 416 g/mol. The van der Waals surface area contributed by atoms with Gasteiger partial charge in [-0.25, -0.2) is 0 Å². The molecule has 0 aromatic heterocycles. The fourth-order valence-electron chi connectivity index (χ4n) is 4.11. The topological polar surface area (TPSA) is 52.7 Å². The summed E-state index contributed by atoms with van der Waals surface area (Å²) in [6.45, 7) is 11.1. The first-order chi connectivity index (χ1) is 14.0. The zero-order chi connectivity index (χ0) is 22.5. The van der Waals surface area contributed by atoms with Gasteiger partial charge in [-0.15, -0.1) is 0 Å². The Hall–Kier alpha value is -2.04. The number of hydrogen-bond donors (Lipinski definition) is 1. The molecule has 1 aliphatic rings. The lowest BCUT2D eigenvalue weighted by Gasteiger charge is -2.33. The van der Waals surface area contributed by atoms with Crippen LogP contribution in [-0.2, 0) is 16.1 Å². The first-order valence-corrected chi connectivity index (χ1v) is 11.4. The number of rotatable bonds is 8. The molecule has 2 rings (SSSR count). The van der Waals surface area contributed by atoms with Gasteiger partial charge in [0.25, 0.3) is 0 Å². The predicted octanol–water partition coefficient (Wildman–Crippen LogP) is 5.44. The molecule has 5 heteroatoms. The van der Waals surface area contributed by atoms with E-state index in [-0.39, 0.29) is 29.2 Å². The smallest absolute Gasteiger partial charge is 0.227 e. The van der Waals surface area contributed by atoms with Crippen molar-refractivity contribution in [1.29, 1.82) is 0 Å². The minimum absolute atomic E-state index is 0.0513. The molecule has 2 amide bonds. The first kappa shape index (κ1) is 24.2. The van der Waals surface area contributed by atoms with Crippen LogP contribution >= 0.6 is 0 Å².